The van der Waals surface area contributed by atoms with Crippen molar-refractivity contribution in [2.45, 2.75) is 56.8 Å². The van der Waals surface area contributed by atoms with Crippen LogP contribution in [0.4, 0.5) is 0 Å². The lowest BCUT2D eigenvalue weighted by atomic mass is 10.1. The van der Waals surface area contributed by atoms with Gasteiger partial charge < -0.3 is 37.2 Å². The van der Waals surface area contributed by atoms with Gasteiger partial charge in [-0.05, 0) is 32.7 Å². The van der Waals surface area contributed by atoms with Gasteiger partial charge in [0.05, 0.1) is 12.1 Å². The number of nitrogens with two attached hydrogens (primary N) is 1. The smallest absolute Gasteiger partial charge is 0.322 e. The number of rotatable bonds is 11. The number of carboxylic acid groups (broad SMARTS) is 1. The average molecular weight is 401 g/mol. The van der Waals surface area contributed by atoms with Crippen LogP contribution in [0, 0.1) is 0 Å². The van der Waals surface area contributed by atoms with Crippen LogP contribution in [0.15, 0.2) is 0 Å². The Balaban J connectivity index is 2.78. The van der Waals surface area contributed by atoms with E-state index >= 15 is 0 Å². The van der Waals surface area contributed by atoms with Crippen molar-refractivity contribution in [1.82, 2.24) is 21.3 Å². The fourth-order valence-electron chi connectivity index (χ4n) is 2.67. The Kier molecular flexibility index (Phi) is 9.32. The first-order chi connectivity index (χ1) is 13.1. The van der Waals surface area contributed by atoms with E-state index in [9.17, 15) is 29.1 Å². The van der Waals surface area contributed by atoms with Gasteiger partial charge in [-0.25, -0.2) is 0 Å². The van der Waals surface area contributed by atoms with Crippen LogP contribution in [-0.2, 0) is 24.0 Å². The van der Waals surface area contributed by atoms with Gasteiger partial charge in [-0.2, -0.15) is 0 Å². The van der Waals surface area contributed by atoms with E-state index in [1.807, 2.05) is 0 Å². The zero-order chi connectivity index (χ0) is 21.3. The van der Waals surface area contributed by atoms with Crippen LogP contribution in [0.3, 0.4) is 0 Å². The Morgan fingerprint density at radius 2 is 1.86 bits per heavy atom. The number of amides is 4. The van der Waals surface area contributed by atoms with E-state index < -0.39 is 60.4 Å². The molecule has 0 saturated carbocycles. The number of aliphatic carboxylic acids is 1. The van der Waals surface area contributed by atoms with Crippen LogP contribution >= 0.6 is 0 Å². The van der Waals surface area contributed by atoms with E-state index in [1.165, 1.54) is 6.92 Å². The van der Waals surface area contributed by atoms with Crippen LogP contribution in [0.2, 0.25) is 0 Å². The SMILES string of the molecule is C[C@@H](O)[C@H](NC(=O)[C@@H]1CCCN1)C(=O)N[C@@H](CCC(N)=O)C(=O)NCC(=O)O. The van der Waals surface area contributed by atoms with Crippen molar-refractivity contribution in [3.63, 3.8) is 0 Å². The first-order valence-corrected chi connectivity index (χ1v) is 8.91. The molecule has 4 amide bonds. The summed E-state index contributed by atoms with van der Waals surface area (Å²) in [4.78, 5) is 58.4. The molecule has 8 N–H and O–H groups in total. The molecule has 0 aromatic heterocycles. The van der Waals surface area contributed by atoms with Gasteiger partial charge >= 0.3 is 5.97 Å². The predicted molar refractivity (Wildman–Crippen MR) is 95.6 cm³/mol. The Hall–Kier alpha value is -2.73. The molecule has 1 fully saturated rings. The summed E-state index contributed by atoms with van der Waals surface area (Å²) in [5.74, 6) is -4.13. The molecule has 4 atom stereocenters. The van der Waals surface area contributed by atoms with Crippen molar-refractivity contribution < 1.29 is 34.2 Å². The molecule has 0 aliphatic carbocycles. The fourth-order valence-corrected chi connectivity index (χ4v) is 2.67. The summed E-state index contributed by atoms with van der Waals surface area (Å²) in [5, 5.41) is 28.3. The maximum Gasteiger partial charge on any atom is 0.322 e. The molecule has 1 aliphatic rings. The van der Waals surface area contributed by atoms with Gasteiger partial charge in [-0.3, -0.25) is 24.0 Å². The minimum absolute atomic E-state index is 0.169. The van der Waals surface area contributed by atoms with Gasteiger partial charge in [0.2, 0.25) is 23.6 Å². The summed E-state index contributed by atoms with van der Waals surface area (Å²) < 4.78 is 0. The molecule has 0 spiro atoms. The summed E-state index contributed by atoms with van der Waals surface area (Å²) in [6.45, 7) is 1.30. The van der Waals surface area contributed by atoms with Crippen LogP contribution < -0.4 is 27.0 Å². The van der Waals surface area contributed by atoms with E-state index in [2.05, 4.69) is 21.3 Å². The molecule has 0 aromatic carbocycles. The van der Waals surface area contributed by atoms with Gasteiger partial charge in [-0.15, -0.1) is 0 Å². The summed E-state index contributed by atoms with van der Waals surface area (Å²) in [7, 11) is 0. The molecule has 1 rings (SSSR count). The number of aliphatic hydroxyl groups excluding tert-OH is 1. The molecule has 0 radical (unpaired) electrons. The first-order valence-electron chi connectivity index (χ1n) is 8.91. The fraction of sp³-hybridized carbons (Fsp3) is 0.688. The van der Waals surface area contributed by atoms with E-state index in [4.69, 9.17) is 10.8 Å². The minimum Gasteiger partial charge on any atom is -0.480 e. The minimum atomic E-state index is -1.33. The Bertz CT molecular complexity index is 604. The number of nitrogens with one attached hydrogen (secondary N) is 4. The van der Waals surface area contributed by atoms with Crippen molar-refractivity contribution in [3.8, 4) is 0 Å². The second kappa shape index (κ2) is 11.2. The number of hydrogen-bond donors (Lipinski definition) is 7. The third-order valence-corrected chi connectivity index (χ3v) is 4.17. The highest BCUT2D eigenvalue weighted by atomic mass is 16.4. The van der Waals surface area contributed by atoms with Crippen molar-refractivity contribution in [2.24, 2.45) is 5.73 Å². The maximum absolute atomic E-state index is 12.5. The van der Waals surface area contributed by atoms with Crippen molar-refractivity contribution in [3.05, 3.63) is 0 Å². The Morgan fingerprint density at radius 3 is 2.36 bits per heavy atom. The van der Waals surface area contributed by atoms with E-state index in [1.54, 1.807) is 0 Å². The van der Waals surface area contributed by atoms with Crippen LogP contribution in [-0.4, -0.2) is 77.1 Å². The van der Waals surface area contributed by atoms with Crippen LogP contribution in [0.25, 0.3) is 0 Å². The van der Waals surface area contributed by atoms with E-state index in [0.717, 1.165) is 6.42 Å². The predicted octanol–water partition coefficient (Wildman–Crippen LogP) is -3.44. The summed E-state index contributed by atoms with van der Waals surface area (Å²) in [6, 6.07) is -3.07. The summed E-state index contributed by atoms with van der Waals surface area (Å²) >= 11 is 0. The van der Waals surface area contributed by atoms with Crippen LogP contribution in [0.5, 0.6) is 0 Å². The highest BCUT2D eigenvalue weighted by Gasteiger charge is 2.32. The Morgan fingerprint density at radius 1 is 1.18 bits per heavy atom. The van der Waals surface area contributed by atoms with Crippen molar-refractivity contribution >= 4 is 29.6 Å². The normalized spacial score (nSPS) is 19.1. The third kappa shape index (κ3) is 7.88. The lowest BCUT2D eigenvalue weighted by Gasteiger charge is -2.25. The lowest BCUT2D eigenvalue weighted by Crippen LogP contribution is -2.59. The summed E-state index contributed by atoms with van der Waals surface area (Å²) in [5.41, 5.74) is 5.06. The van der Waals surface area contributed by atoms with E-state index in [0.29, 0.717) is 13.0 Å². The van der Waals surface area contributed by atoms with Crippen molar-refractivity contribution in [2.75, 3.05) is 13.1 Å². The monoisotopic (exact) mass is 401 g/mol. The largest absolute Gasteiger partial charge is 0.480 e. The summed E-state index contributed by atoms with van der Waals surface area (Å²) in [6.07, 6.45) is -0.258. The molecule has 0 unspecified atom stereocenters. The van der Waals surface area contributed by atoms with E-state index in [-0.39, 0.29) is 12.8 Å². The highest BCUT2D eigenvalue weighted by Crippen LogP contribution is 2.06. The molecule has 1 aliphatic heterocycles. The van der Waals surface area contributed by atoms with Crippen LogP contribution in [0.1, 0.15) is 32.6 Å². The molecule has 1 heterocycles. The molecule has 158 valence electrons. The zero-order valence-electron chi connectivity index (χ0n) is 15.6. The van der Waals surface area contributed by atoms with Gasteiger partial charge in [0.15, 0.2) is 0 Å². The number of primary amides is 1. The second-order valence-corrected chi connectivity index (χ2v) is 6.55. The van der Waals surface area contributed by atoms with Gasteiger partial charge in [0.25, 0.3) is 0 Å². The molecular formula is C16H27N5O7. The number of aliphatic hydroxyl groups is 1. The molecule has 0 aromatic rings. The number of carbonyl (C=O) groups is 5. The number of carbonyl (C=O) groups excluding carboxylic acids is 4. The van der Waals surface area contributed by atoms with Gasteiger partial charge in [-0.1, -0.05) is 0 Å². The topological polar surface area (TPSA) is 200 Å². The lowest BCUT2D eigenvalue weighted by molar-refractivity contribution is -0.139. The van der Waals surface area contributed by atoms with Gasteiger partial charge in [0, 0.05) is 6.42 Å². The molecule has 28 heavy (non-hydrogen) atoms. The Labute approximate surface area is 161 Å². The zero-order valence-corrected chi connectivity index (χ0v) is 15.6. The third-order valence-electron chi connectivity index (χ3n) is 4.17. The van der Waals surface area contributed by atoms with Gasteiger partial charge in [0.1, 0.15) is 18.6 Å². The average Bonchev–Trinajstić information content (AvgIpc) is 3.14. The maximum atomic E-state index is 12.5. The standard InChI is InChI=1S/C16H27N5O7/c1-8(22)13(21-15(27)9-3-2-6-18-9)16(28)20-10(4-5-11(17)23)14(26)19-7-12(24)25/h8-10,13,18,22H,2-7H2,1H3,(H2,17,23)(H,19,26)(H,20,28)(H,21,27)(H,24,25)/t8-,9+,10+,13+/m1/s1. The quantitative estimate of drug-likeness (QED) is 0.185. The second-order valence-electron chi connectivity index (χ2n) is 6.55. The molecular weight excluding hydrogens is 374 g/mol. The first kappa shape index (κ1) is 23.3. The molecule has 12 nitrogen and oxygen atoms in total. The highest BCUT2D eigenvalue weighted by molar-refractivity contribution is 5.94. The van der Waals surface area contributed by atoms with Crippen molar-refractivity contribution in [1.29, 1.82) is 0 Å². The molecule has 1 saturated heterocycles. The molecule has 12 heteroatoms. The number of carboxylic acids is 1. The molecule has 0 bridgehead atoms. The number of hydrogen-bond acceptors (Lipinski definition) is 7.